The number of anilines is 1. The summed E-state index contributed by atoms with van der Waals surface area (Å²) >= 11 is 1.63. The lowest BCUT2D eigenvalue weighted by atomic mass is 9.84. The molecule has 2 unspecified atom stereocenters. The van der Waals surface area contributed by atoms with E-state index in [0.717, 1.165) is 10.8 Å². The van der Waals surface area contributed by atoms with Crippen LogP contribution in [0.5, 0.6) is 5.75 Å². The number of urea groups is 1. The normalized spacial score (nSPS) is 18.2. The van der Waals surface area contributed by atoms with Crippen LogP contribution in [0.4, 0.5) is 23.7 Å². The van der Waals surface area contributed by atoms with E-state index in [-0.39, 0.29) is 11.7 Å². The first-order valence-corrected chi connectivity index (χ1v) is 13.5. The Hall–Kier alpha value is -4.12. The Bertz CT molecular complexity index is 1530. The summed E-state index contributed by atoms with van der Waals surface area (Å²) in [6, 6.07) is 18.2. The lowest BCUT2D eigenvalue weighted by molar-refractivity contribution is -0.274. The van der Waals surface area contributed by atoms with Crippen molar-refractivity contribution in [3.05, 3.63) is 89.7 Å². The number of alkyl halides is 3. The van der Waals surface area contributed by atoms with E-state index in [2.05, 4.69) is 58.0 Å². The van der Waals surface area contributed by atoms with Crippen molar-refractivity contribution in [1.82, 2.24) is 14.8 Å². The summed E-state index contributed by atoms with van der Waals surface area (Å²) in [5.74, 6) is 1.47. The second-order valence-corrected chi connectivity index (χ2v) is 10.6. The molecule has 0 spiro atoms. The van der Waals surface area contributed by atoms with Crippen LogP contribution in [0.25, 0.3) is 17.1 Å². The number of ether oxygens (including phenoxy) is 1. The average molecular weight is 566 g/mol. The van der Waals surface area contributed by atoms with Gasteiger partial charge in [-0.2, -0.15) is 4.99 Å². The van der Waals surface area contributed by atoms with Crippen LogP contribution in [0.1, 0.15) is 29.5 Å². The molecule has 3 aromatic carbocycles. The van der Waals surface area contributed by atoms with Gasteiger partial charge in [-0.1, -0.05) is 25.1 Å². The molecule has 11 heteroatoms. The zero-order valence-electron chi connectivity index (χ0n) is 21.9. The second kappa shape index (κ2) is 11.2. The molecule has 0 aliphatic carbocycles. The van der Waals surface area contributed by atoms with Crippen molar-refractivity contribution in [1.29, 1.82) is 0 Å². The predicted molar refractivity (Wildman–Crippen MR) is 150 cm³/mol. The van der Waals surface area contributed by atoms with Crippen molar-refractivity contribution in [3.8, 4) is 22.8 Å². The number of aliphatic imine (C=N–C) groups is 1. The van der Waals surface area contributed by atoms with Crippen LogP contribution in [0.3, 0.4) is 0 Å². The number of carbonyl (C=O) groups is 1. The zero-order valence-corrected chi connectivity index (χ0v) is 22.8. The number of carbonyl (C=O) groups excluding carboxylic acids is 1. The molecule has 0 bridgehead atoms. The average Bonchev–Trinajstić information content (AvgIpc) is 3.52. The van der Waals surface area contributed by atoms with Gasteiger partial charge in [-0.15, -0.1) is 30.0 Å². The third-order valence-electron chi connectivity index (χ3n) is 6.62. The van der Waals surface area contributed by atoms with Gasteiger partial charge in [0, 0.05) is 22.9 Å². The minimum Gasteiger partial charge on any atom is -0.406 e. The maximum absolute atomic E-state index is 12.8. The summed E-state index contributed by atoms with van der Waals surface area (Å²) in [5.41, 5.74) is 5.45. The number of hydrogen-bond acceptors (Lipinski definition) is 5. The molecular formula is C29H26F3N5O2S. The summed E-state index contributed by atoms with van der Waals surface area (Å²) in [5, 5.41) is 8.07. The molecule has 1 N–H and O–H groups in total. The number of thioether (sulfide) groups is 1. The lowest BCUT2D eigenvalue weighted by Crippen LogP contribution is -2.17. The van der Waals surface area contributed by atoms with Gasteiger partial charge in [0.1, 0.15) is 12.1 Å². The van der Waals surface area contributed by atoms with Gasteiger partial charge in [-0.05, 0) is 85.0 Å². The number of amides is 2. The topological polar surface area (TPSA) is 81.4 Å². The summed E-state index contributed by atoms with van der Waals surface area (Å²) in [7, 11) is 0. The molecule has 7 nitrogen and oxygen atoms in total. The smallest absolute Gasteiger partial charge is 0.406 e. The Labute approximate surface area is 233 Å². The van der Waals surface area contributed by atoms with E-state index >= 15 is 0 Å². The van der Waals surface area contributed by atoms with E-state index in [9.17, 15) is 18.0 Å². The van der Waals surface area contributed by atoms with Crippen LogP contribution >= 0.6 is 11.8 Å². The highest BCUT2D eigenvalue weighted by molar-refractivity contribution is 8.14. The Balaban J connectivity index is 1.26. The number of aromatic nitrogens is 3. The SMILES string of the molecule is Cc1cccc(C)c1C1C(=NC(=O)Nc2ccc(-c3ncn(-c4ccc(OC(F)(F)F)cc4)n3)cc2)SCC1C. The highest BCUT2D eigenvalue weighted by atomic mass is 32.2. The maximum Gasteiger partial charge on any atom is 0.573 e. The highest BCUT2D eigenvalue weighted by Gasteiger charge is 2.34. The van der Waals surface area contributed by atoms with E-state index in [1.54, 1.807) is 36.0 Å². The van der Waals surface area contributed by atoms with Crippen LogP contribution < -0.4 is 10.1 Å². The van der Waals surface area contributed by atoms with Crippen molar-refractivity contribution in [3.63, 3.8) is 0 Å². The van der Waals surface area contributed by atoms with Crippen molar-refractivity contribution in [2.24, 2.45) is 10.9 Å². The molecule has 40 heavy (non-hydrogen) atoms. The molecule has 0 radical (unpaired) electrons. The number of halogens is 3. The molecule has 0 saturated carbocycles. The van der Waals surface area contributed by atoms with Crippen molar-refractivity contribution < 1.29 is 22.7 Å². The van der Waals surface area contributed by atoms with E-state index in [4.69, 9.17) is 0 Å². The fraction of sp³-hybridized carbons (Fsp3) is 0.241. The molecule has 2 atom stereocenters. The van der Waals surface area contributed by atoms with Crippen molar-refractivity contribution in [2.45, 2.75) is 33.1 Å². The number of benzene rings is 3. The van der Waals surface area contributed by atoms with Crippen LogP contribution in [-0.4, -0.2) is 38.0 Å². The quantitative estimate of drug-likeness (QED) is 0.270. The van der Waals surface area contributed by atoms with Crippen molar-refractivity contribution in [2.75, 3.05) is 11.1 Å². The fourth-order valence-corrected chi connectivity index (χ4v) is 6.05. The minimum atomic E-state index is -4.75. The summed E-state index contributed by atoms with van der Waals surface area (Å²) in [6.45, 7) is 6.38. The van der Waals surface area contributed by atoms with E-state index in [1.165, 1.54) is 52.0 Å². The maximum atomic E-state index is 12.8. The molecule has 2 heterocycles. The molecule has 1 saturated heterocycles. The molecule has 1 fully saturated rings. The van der Waals surface area contributed by atoms with Gasteiger partial charge in [-0.25, -0.2) is 14.5 Å². The van der Waals surface area contributed by atoms with Gasteiger partial charge in [0.15, 0.2) is 5.82 Å². The Morgan fingerprint density at radius 1 is 1.05 bits per heavy atom. The molecule has 1 aliphatic rings. The number of nitrogens with zero attached hydrogens (tertiary/aromatic N) is 4. The third-order valence-corrected chi connectivity index (χ3v) is 7.95. The molecule has 1 aromatic heterocycles. The molecular weight excluding hydrogens is 539 g/mol. The first kappa shape index (κ1) is 27.4. The Kier molecular flexibility index (Phi) is 7.66. The van der Waals surface area contributed by atoms with Crippen LogP contribution in [0.15, 0.2) is 78.0 Å². The molecule has 5 rings (SSSR count). The fourth-order valence-electron chi connectivity index (χ4n) is 4.75. The first-order chi connectivity index (χ1) is 19.1. The standard InChI is InChI=1S/C29H26F3N5O2S/c1-17-5-4-6-18(2)24(17)25-19(3)15-40-27(25)35-28(38)34-21-9-7-20(8-10-21)26-33-16-37(36-26)22-11-13-23(14-12-22)39-29(30,31)32/h4-14,16,19,25H,15H2,1-3H3,(H,34,38). The molecule has 206 valence electrons. The predicted octanol–water partition coefficient (Wildman–Crippen LogP) is 7.55. The van der Waals surface area contributed by atoms with E-state index < -0.39 is 12.4 Å². The van der Waals surface area contributed by atoms with Crippen LogP contribution in [-0.2, 0) is 0 Å². The van der Waals surface area contributed by atoms with Gasteiger partial charge in [0.05, 0.1) is 10.7 Å². The molecule has 2 amide bonds. The molecule has 4 aromatic rings. The number of aryl methyl sites for hydroxylation is 2. The number of nitrogens with one attached hydrogen (secondary N) is 1. The van der Waals surface area contributed by atoms with E-state index in [1.807, 2.05) is 6.07 Å². The first-order valence-electron chi connectivity index (χ1n) is 12.5. The summed E-state index contributed by atoms with van der Waals surface area (Å²) < 4.78 is 42.5. The monoisotopic (exact) mass is 565 g/mol. The van der Waals surface area contributed by atoms with E-state index in [0.29, 0.717) is 28.7 Å². The summed E-state index contributed by atoms with van der Waals surface area (Å²) in [6.07, 6.45) is -3.29. The second-order valence-electron chi connectivity index (χ2n) is 9.58. The van der Waals surface area contributed by atoms with Crippen LogP contribution in [0.2, 0.25) is 0 Å². The zero-order chi connectivity index (χ0) is 28.4. The van der Waals surface area contributed by atoms with Gasteiger partial charge in [0.25, 0.3) is 0 Å². The molecule has 1 aliphatic heterocycles. The Morgan fingerprint density at radius 2 is 1.73 bits per heavy atom. The number of rotatable bonds is 5. The lowest BCUT2D eigenvalue weighted by Gasteiger charge is -2.20. The van der Waals surface area contributed by atoms with Crippen LogP contribution in [0, 0.1) is 19.8 Å². The van der Waals surface area contributed by atoms with Gasteiger partial charge in [-0.3, -0.25) is 0 Å². The summed E-state index contributed by atoms with van der Waals surface area (Å²) in [4.78, 5) is 21.6. The Morgan fingerprint density at radius 3 is 2.38 bits per heavy atom. The van der Waals surface area contributed by atoms with Gasteiger partial charge in [0.2, 0.25) is 0 Å². The van der Waals surface area contributed by atoms with Gasteiger partial charge < -0.3 is 10.1 Å². The van der Waals surface area contributed by atoms with Gasteiger partial charge >= 0.3 is 12.4 Å². The highest BCUT2D eigenvalue weighted by Crippen LogP contribution is 2.42. The minimum absolute atomic E-state index is 0.0916. The largest absolute Gasteiger partial charge is 0.573 e. The third kappa shape index (κ3) is 6.20. The van der Waals surface area contributed by atoms with Crippen molar-refractivity contribution >= 4 is 28.5 Å². The number of hydrogen-bond donors (Lipinski definition) is 1.